The first-order valence-corrected chi connectivity index (χ1v) is 6.94. The molecule has 1 aliphatic heterocycles. The van der Waals surface area contributed by atoms with Gasteiger partial charge in [0, 0.05) is 17.3 Å². The van der Waals surface area contributed by atoms with E-state index in [0.717, 1.165) is 0 Å². The van der Waals surface area contributed by atoms with Gasteiger partial charge in [0.1, 0.15) is 23.7 Å². The Bertz CT molecular complexity index is 437. The van der Waals surface area contributed by atoms with Crippen molar-refractivity contribution in [3.05, 3.63) is 23.5 Å². The van der Waals surface area contributed by atoms with E-state index >= 15 is 0 Å². The van der Waals surface area contributed by atoms with Crippen LogP contribution in [0, 0.1) is 0 Å². The summed E-state index contributed by atoms with van der Waals surface area (Å²) in [5.74, 6) is 0. The highest BCUT2D eigenvalue weighted by atomic mass is 35.5. The fourth-order valence-electron chi connectivity index (χ4n) is 1.80. The topological polar surface area (TPSA) is 109 Å². The van der Waals surface area contributed by atoms with E-state index in [2.05, 4.69) is 4.98 Å². The highest BCUT2D eigenvalue weighted by Gasteiger charge is 2.42. The maximum absolute atomic E-state index is 9.99. The minimum Gasteiger partial charge on any atom is -0.394 e. The monoisotopic (exact) mass is 306 g/mol. The molecule has 2 rings (SSSR count). The molecule has 1 fully saturated rings. The summed E-state index contributed by atoms with van der Waals surface area (Å²) in [5.41, 5.74) is 5.02. The van der Waals surface area contributed by atoms with E-state index in [9.17, 15) is 10.2 Å². The van der Waals surface area contributed by atoms with Crippen LogP contribution >= 0.6 is 23.4 Å². The lowest BCUT2D eigenvalue weighted by Crippen LogP contribution is -2.61. The molecule has 1 aromatic rings. The number of hydrogen-bond acceptors (Lipinski definition) is 7. The van der Waals surface area contributed by atoms with Gasteiger partial charge < -0.3 is 25.8 Å². The number of aliphatic hydroxyl groups is 3. The molecule has 1 saturated heterocycles. The number of halogens is 1. The number of thioether (sulfide) groups is 1. The molecule has 0 saturated carbocycles. The Kier molecular flexibility index (Phi) is 5.02. The smallest absolute Gasteiger partial charge is 0.135 e. The summed E-state index contributed by atoms with van der Waals surface area (Å²) >= 11 is 7.01. The molecule has 5 N–H and O–H groups in total. The molecular formula is C11H15ClN2O4S. The first-order chi connectivity index (χ1) is 9.02. The molecule has 6 nitrogen and oxygen atoms in total. The molecule has 106 valence electrons. The summed E-state index contributed by atoms with van der Waals surface area (Å²) < 4.78 is 5.44. The Hall–Kier alpha value is -0.410. The van der Waals surface area contributed by atoms with Gasteiger partial charge in [0.05, 0.1) is 17.7 Å². The van der Waals surface area contributed by atoms with Crippen molar-refractivity contribution in [2.24, 2.45) is 5.73 Å². The molecule has 0 bridgehead atoms. The fourth-order valence-corrected chi connectivity index (χ4v) is 3.15. The van der Waals surface area contributed by atoms with Crippen LogP contribution in [0.3, 0.4) is 0 Å². The first kappa shape index (κ1) is 15.0. The zero-order valence-electron chi connectivity index (χ0n) is 9.89. The molecule has 0 amide bonds. The summed E-state index contributed by atoms with van der Waals surface area (Å²) in [6.07, 6.45) is 0.103. The van der Waals surface area contributed by atoms with E-state index in [-0.39, 0.29) is 6.61 Å². The molecule has 8 heteroatoms. The van der Waals surface area contributed by atoms with Gasteiger partial charge in [0.2, 0.25) is 0 Å². The second kappa shape index (κ2) is 6.36. The largest absolute Gasteiger partial charge is 0.394 e. The Balaban J connectivity index is 2.10. The average Bonchev–Trinajstić information content (AvgIpc) is 2.39. The van der Waals surface area contributed by atoms with Crippen molar-refractivity contribution < 1.29 is 20.1 Å². The predicted octanol–water partition coefficient (Wildman–Crippen LogP) is -0.407. The molecule has 0 aromatic carbocycles. The number of ether oxygens (including phenoxy) is 1. The summed E-state index contributed by atoms with van der Waals surface area (Å²) in [4.78, 5) is 4.63. The number of rotatable bonds is 3. The van der Waals surface area contributed by atoms with Gasteiger partial charge in [-0.2, -0.15) is 0 Å². The molecule has 2 unspecified atom stereocenters. The van der Waals surface area contributed by atoms with E-state index < -0.39 is 29.8 Å². The maximum atomic E-state index is 9.99. The quantitative estimate of drug-likeness (QED) is 0.601. The SMILES string of the molecule is N[C@@H]1C(O)[C@@H](Sc2cncc(Cl)c2)OC(CO)[C@@H]1O. The Labute approximate surface area is 119 Å². The summed E-state index contributed by atoms with van der Waals surface area (Å²) in [6.45, 7) is -0.369. The molecule has 1 aromatic heterocycles. The summed E-state index contributed by atoms with van der Waals surface area (Å²) in [7, 11) is 0. The van der Waals surface area contributed by atoms with Gasteiger partial charge in [-0.1, -0.05) is 23.4 Å². The van der Waals surface area contributed by atoms with Crippen molar-refractivity contribution in [1.29, 1.82) is 0 Å². The van der Waals surface area contributed by atoms with Gasteiger partial charge >= 0.3 is 0 Å². The van der Waals surface area contributed by atoms with Gasteiger partial charge in [-0.15, -0.1) is 0 Å². The van der Waals surface area contributed by atoms with Crippen LogP contribution in [0.2, 0.25) is 5.02 Å². The van der Waals surface area contributed by atoms with Crippen molar-refractivity contribution in [3.63, 3.8) is 0 Å². The zero-order chi connectivity index (χ0) is 14.0. The second-order valence-corrected chi connectivity index (χ2v) is 5.85. The highest BCUT2D eigenvalue weighted by Crippen LogP contribution is 2.33. The molecule has 1 aliphatic rings. The van der Waals surface area contributed by atoms with Gasteiger partial charge in [0.25, 0.3) is 0 Å². The first-order valence-electron chi connectivity index (χ1n) is 5.68. The number of aromatic nitrogens is 1. The number of nitrogens with zero attached hydrogens (tertiary/aromatic N) is 1. The molecule has 0 spiro atoms. The van der Waals surface area contributed by atoms with Gasteiger partial charge in [-0.05, 0) is 6.07 Å². The number of hydrogen-bond donors (Lipinski definition) is 4. The number of pyridine rings is 1. The van der Waals surface area contributed by atoms with Gasteiger partial charge in [-0.3, -0.25) is 4.98 Å². The van der Waals surface area contributed by atoms with Crippen molar-refractivity contribution in [2.45, 2.75) is 34.7 Å². The zero-order valence-corrected chi connectivity index (χ0v) is 11.5. The number of aliphatic hydroxyl groups excluding tert-OH is 3. The average molecular weight is 307 g/mol. The molecule has 5 atom stereocenters. The third-order valence-corrected chi connectivity index (χ3v) is 4.19. The fraction of sp³-hybridized carbons (Fsp3) is 0.545. The molecule has 0 aliphatic carbocycles. The van der Waals surface area contributed by atoms with E-state index in [1.165, 1.54) is 18.0 Å². The standard InChI is InChI=1S/C11H15ClN2O4S/c12-5-1-6(3-14-2-5)19-11-10(17)8(13)9(16)7(4-15)18-11/h1-3,7-11,15-17H,4,13H2/t7?,8-,9-,10?,11+/m0/s1. The van der Waals surface area contributed by atoms with Crippen molar-refractivity contribution in [3.8, 4) is 0 Å². The lowest BCUT2D eigenvalue weighted by Gasteiger charge is -2.40. The summed E-state index contributed by atoms with van der Waals surface area (Å²) in [5, 5.41) is 29.3. The normalized spacial score (nSPS) is 35.3. The molecule has 0 radical (unpaired) electrons. The van der Waals surface area contributed by atoms with Crippen LogP contribution in [-0.2, 0) is 4.74 Å². The Morgan fingerprint density at radius 2 is 2.11 bits per heavy atom. The Morgan fingerprint density at radius 3 is 2.74 bits per heavy atom. The van der Waals surface area contributed by atoms with E-state index in [0.29, 0.717) is 9.92 Å². The van der Waals surface area contributed by atoms with Gasteiger partial charge in [0.15, 0.2) is 0 Å². The molecule has 2 heterocycles. The van der Waals surface area contributed by atoms with E-state index in [1.54, 1.807) is 12.3 Å². The minimum atomic E-state index is -1.10. The van der Waals surface area contributed by atoms with Crippen molar-refractivity contribution in [2.75, 3.05) is 6.61 Å². The minimum absolute atomic E-state index is 0.369. The number of nitrogens with two attached hydrogens (primary N) is 1. The van der Waals surface area contributed by atoms with E-state index in [1.807, 2.05) is 0 Å². The van der Waals surface area contributed by atoms with E-state index in [4.69, 9.17) is 27.2 Å². The van der Waals surface area contributed by atoms with Crippen LogP contribution in [0.5, 0.6) is 0 Å². The van der Waals surface area contributed by atoms with Crippen LogP contribution in [-0.4, -0.2) is 56.7 Å². The lowest BCUT2D eigenvalue weighted by molar-refractivity contribution is -0.160. The molecular weight excluding hydrogens is 292 g/mol. The highest BCUT2D eigenvalue weighted by molar-refractivity contribution is 7.99. The van der Waals surface area contributed by atoms with Crippen molar-refractivity contribution >= 4 is 23.4 Å². The maximum Gasteiger partial charge on any atom is 0.135 e. The van der Waals surface area contributed by atoms with Crippen LogP contribution in [0.1, 0.15) is 0 Å². The third kappa shape index (κ3) is 3.38. The Morgan fingerprint density at radius 1 is 1.37 bits per heavy atom. The summed E-state index contributed by atoms with van der Waals surface area (Å²) in [6, 6.07) is 0.801. The molecule has 19 heavy (non-hydrogen) atoms. The van der Waals surface area contributed by atoms with Gasteiger partial charge in [-0.25, -0.2) is 0 Å². The van der Waals surface area contributed by atoms with Crippen LogP contribution in [0.15, 0.2) is 23.4 Å². The van der Waals surface area contributed by atoms with Crippen LogP contribution in [0.25, 0.3) is 0 Å². The van der Waals surface area contributed by atoms with Crippen LogP contribution < -0.4 is 5.73 Å². The second-order valence-electron chi connectivity index (χ2n) is 4.24. The van der Waals surface area contributed by atoms with Crippen LogP contribution in [0.4, 0.5) is 0 Å². The predicted molar refractivity (Wildman–Crippen MR) is 70.8 cm³/mol. The third-order valence-electron chi connectivity index (χ3n) is 2.87. The van der Waals surface area contributed by atoms with Crippen molar-refractivity contribution in [1.82, 2.24) is 4.98 Å². The lowest BCUT2D eigenvalue weighted by atomic mass is 9.98.